The second-order valence-electron chi connectivity index (χ2n) is 5.34. The second-order valence-corrected chi connectivity index (χ2v) is 6.40. The SMILES string of the molecule is CC(C)OC(=O)c1ccc(SC[C@H]2CCCO2)c([N+](=O)[O-])c1. The third-order valence-corrected chi connectivity index (χ3v) is 4.38. The summed E-state index contributed by atoms with van der Waals surface area (Å²) in [5, 5.41) is 11.2. The molecule has 0 N–H and O–H groups in total. The van der Waals surface area contributed by atoms with E-state index >= 15 is 0 Å². The van der Waals surface area contributed by atoms with E-state index in [-0.39, 0.29) is 23.5 Å². The number of carbonyl (C=O) groups excluding carboxylic acids is 1. The van der Waals surface area contributed by atoms with Crippen molar-refractivity contribution in [2.45, 2.75) is 43.8 Å². The highest BCUT2D eigenvalue weighted by Crippen LogP contribution is 2.32. The molecular weight excluding hydrogens is 306 g/mol. The second kappa shape index (κ2) is 7.60. The van der Waals surface area contributed by atoms with E-state index in [9.17, 15) is 14.9 Å². The van der Waals surface area contributed by atoms with Crippen LogP contribution in [0.4, 0.5) is 5.69 Å². The molecule has 1 aliphatic heterocycles. The van der Waals surface area contributed by atoms with Crippen LogP contribution < -0.4 is 0 Å². The average Bonchev–Trinajstić information content (AvgIpc) is 2.97. The monoisotopic (exact) mass is 325 g/mol. The van der Waals surface area contributed by atoms with Gasteiger partial charge in [0.25, 0.3) is 5.69 Å². The number of nitro benzene ring substituents is 1. The number of ether oxygens (including phenoxy) is 2. The van der Waals surface area contributed by atoms with E-state index in [2.05, 4.69) is 0 Å². The molecule has 0 aliphatic carbocycles. The van der Waals surface area contributed by atoms with Gasteiger partial charge in [-0.25, -0.2) is 4.79 Å². The molecule has 0 spiro atoms. The number of nitro groups is 1. The molecule has 1 aromatic rings. The van der Waals surface area contributed by atoms with Crippen molar-refractivity contribution in [1.29, 1.82) is 0 Å². The summed E-state index contributed by atoms with van der Waals surface area (Å²) in [4.78, 5) is 23.1. The summed E-state index contributed by atoms with van der Waals surface area (Å²) >= 11 is 1.39. The Bertz CT molecular complexity index is 555. The van der Waals surface area contributed by atoms with E-state index < -0.39 is 10.9 Å². The molecule has 0 bridgehead atoms. The lowest BCUT2D eigenvalue weighted by Gasteiger charge is -2.10. The first kappa shape index (κ1) is 16.8. The highest BCUT2D eigenvalue weighted by Gasteiger charge is 2.22. The van der Waals surface area contributed by atoms with Gasteiger partial charge in [-0.2, -0.15) is 0 Å². The van der Waals surface area contributed by atoms with Crippen LogP contribution in [0.3, 0.4) is 0 Å². The van der Waals surface area contributed by atoms with Crippen LogP contribution in [-0.2, 0) is 9.47 Å². The molecule has 2 rings (SSSR count). The Hall–Kier alpha value is -1.60. The molecule has 1 saturated heterocycles. The minimum absolute atomic E-state index is 0.0683. The molecule has 7 heteroatoms. The standard InChI is InChI=1S/C15H19NO5S/c1-10(2)21-15(17)11-5-6-14(13(8-11)16(18)19)22-9-12-4-3-7-20-12/h5-6,8,10,12H,3-4,7,9H2,1-2H3/t12-/m1/s1. The van der Waals surface area contributed by atoms with Gasteiger partial charge in [-0.1, -0.05) is 0 Å². The summed E-state index contributed by atoms with van der Waals surface area (Å²) in [5.41, 5.74) is 0.128. The number of hydrogen-bond donors (Lipinski definition) is 0. The summed E-state index contributed by atoms with van der Waals surface area (Å²) in [6.45, 7) is 4.23. The third kappa shape index (κ3) is 4.45. The van der Waals surface area contributed by atoms with Gasteiger partial charge in [0.1, 0.15) is 0 Å². The van der Waals surface area contributed by atoms with E-state index in [0.717, 1.165) is 19.4 Å². The van der Waals surface area contributed by atoms with Crippen LogP contribution in [0.5, 0.6) is 0 Å². The minimum Gasteiger partial charge on any atom is -0.459 e. The highest BCUT2D eigenvalue weighted by atomic mass is 32.2. The lowest BCUT2D eigenvalue weighted by Crippen LogP contribution is -2.12. The Morgan fingerprint density at radius 3 is 2.91 bits per heavy atom. The molecule has 1 heterocycles. The van der Waals surface area contributed by atoms with Crippen molar-refractivity contribution in [3.05, 3.63) is 33.9 Å². The van der Waals surface area contributed by atoms with Crippen LogP contribution in [0.25, 0.3) is 0 Å². The molecule has 1 aliphatic rings. The van der Waals surface area contributed by atoms with E-state index in [4.69, 9.17) is 9.47 Å². The van der Waals surface area contributed by atoms with Gasteiger partial charge in [0.15, 0.2) is 0 Å². The van der Waals surface area contributed by atoms with E-state index in [1.54, 1.807) is 26.0 Å². The molecule has 0 saturated carbocycles. The predicted octanol–water partition coefficient (Wildman–Crippen LogP) is 3.43. The van der Waals surface area contributed by atoms with Crippen molar-refractivity contribution in [3.63, 3.8) is 0 Å². The van der Waals surface area contributed by atoms with E-state index in [1.807, 2.05) is 0 Å². The number of hydrogen-bond acceptors (Lipinski definition) is 6. The van der Waals surface area contributed by atoms with Gasteiger partial charge < -0.3 is 9.47 Å². The van der Waals surface area contributed by atoms with Crippen molar-refractivity contribution >= 4 is 23.4 Å². The van der Waals surface area contributed by atoms with Crippen molar-refractivity contribution in [2.75, 3.05) is 12.4 Å². The summed E-state index contributed by atoms with van der Waals surface area (Å²) in [6.07, 6.45) is 1.91. The van der Waals surface area contributed by atoms with Crippen LogP contribution in [0.15, 0.2) is 23.1 Å². The number of carbonyl (C=O) groups is 1. The number of esters is 1. The van der Waals surface area contributed by atoms with Crippen molar-refractivity contribution in [2.24, 2.45) is 0 Å². The Morgan fingerprint density at radius 2 is 2.32 bits per heavy atom. The first-order chi connectivity index (χ1) is 10.5. The smallest absolute Gasteiger partial charge is 0.338 e. The fraction of sp³-hybridized carbons (Fsp3) is 0.533. The zero-order chi connectivity index (χ0) is 16.1. The largest absolute Gasteiger partial charge is 0.459 e. The maximum absolute atomic E-state index is 11.8. The maximum atomic E-state index is 11.8. The number of rotatable bonds is 6. The predicted molar refractivity (Wildman–Crippen MR) is 83.3 cm³/mol. The summed E-state index contributed by atoms with van der Waals surface area (Å²) in [7, 11) is 0. The Labute approximate surface area is 133 Å². The summed E-state index contributed by atoms with van der Waals surface area (Å²) in [6, 6.07) is 4.45. The van der Waals surface area contributed by atoms with Gasteiger partial charge in [0.05, 0.1) is 27.6 Å². The van der Waals surface area contributed by atoms with Gasteiger partial charge in [0.2, 0.25) is 0 Å². The topological polar surface area (TPSA) is 78.7 Å². The van der Waals surface area contributed by atoms with Crippen LogP contribution in [0.2, 0.25) is 0 Å². The molecule has 6 nitrogen and oxygen atoms in total. The number of nitrogens with zero attached hydrogens (tertiary/aromatic N) is 1. The Balaban J connectivity index is 2.12. The molecule has 120 valence electrons. The minimum atomic E-state index is -0.547. The Morgan fingerprint density at radius 1 is 1.55 bits per heavy atom. The molecule has 1 fully saturated rings. The molecule has 0 unspecified atom stereocenters. The van der Waals surface area contributed by atoms with E-state index in [1.165, 1.54) is 17.8 Å². The lowest BCUT2D eigenvalue weighted by atomic mass is 10.2. The molecular formula is C15H19NO5S. The van der Waals surface area contributed by atoms with E-state index in [0.29, 0.717) is 10.6 Å². The molecule has 0 aromatic heterocycles. The molecule has 0 amide bonds. The van der Waals surface area contributed by atoms with Crippen molar-refractivity contribution in [3.8, 4) is 0 Å². The van der Waals surface area contributed by atoms with Gasteiger partial charge in [-0.15, -0.1) is 11.8 Å². The number of thioether (sulfide) groups is 1. The highest BCUT2D eigenvalue weighted by molar-refractivity contribution is 7.99. The maximum Gasteiger partial charge on any atom is 0.338 e. The average molecular weight is 325 g/mol. The molecule has 22 heavy (non-hydrogen) atoms. The zero-order valence-electron chi connectivity index (χ0n) is 12.6. The van der Waals surface area contributed by atoms with Crippen LogP contribution in [0.1, 0.15) is 37.0 Å². The van der Waals surface area contributed by atoms with Gasteiger partial charge in [-0.3, -0.25) is 10.1 Å². The van der Waals surface area contributed by atoms with Crippen LogP contribution in [-0.4, -0.2) is 35.5 Å². The fourth-order valence-corrected chi connectivity index (χ4v) is 3.22. The summed E-state index contributed by atoms with van der Waals surface area (Å²) < 4.78 is 10.6. The summed E-state index contributed by atoms with van der Waals surface area (Å²) in [5.74, 6) is 0.130. The zero-order valence-corrected chi connectivity index (χ0v) is 13.4. The van der Waals surface area contributed by atoms with Gasteiger partial charge in [-0.05, 0) is 38.8 Å². The van der Waals surface area contributed by atoms with Gasteiger partial charge in [0, 0.05) is 18.4 Å². The third-order valence-electron chi connectivity index (χ3n) is 3.18. The molecule has 1 atom stereocenters. The molecule has 1 aromatic carbocycles. The molecule has 0 radical (unpaired) electrons. The Kier molecular flexibility index (Phi) is 5.79. The van der Waals surface area contributed by atoms with Crippen LogP contribution in [0, 0.1) is 10.1 Å². The fourth-order valence-electron chi connectivity index (χ4n) is 2.15. The number of benzene rings is 1. The van der Waals surface area contributed by atoms with Crippen molar-refractivity contribution in [1.82, 2.24) is 0 Å². The normalized spacial score (nSPS) is 17.7. The quantitative estimate of drug-likeness (QED) is 0.345. The van der Waals surface area contributed by atoms with Gasteiger partial charge >= 0.3 is 5.97 Å². The first-order valence-corrected chi connectivity index (χ1v) is 8.19. The lowest BCUT2D eigenvalue weighted by molar-refractivity contribution is -0.387. The first-order valence-electron chi connectivity index (χ1n) is 7.21. The van der Waals surface area contributed by atoms with Crippen molar-refractivity contribution < 1.29 is 19.2 Å². The van der Waals surface area contributed by atoms with Crippen LogP contribution >= 0.6 is 11.8 Å².